The van der Waals surface area contributed by atoms with Crippen LogP contribution in [-0.4, -0.2) is 5.11 Å². The molecule has 1 nitrogen and oxygen atoms in total. The summed E-state index contributed by atoms with van der Waals surface area (Å²) in [7, 11) is 0. The summed E-state index contributed by atoms with van der Waals surface area (Å²) in [6.45, 7) is 13.9. The highest BCUT2D eigenvalue weighted by atomic mass is 16.3. The van der Waals surface area contributed by atoms with Gasteiger partial charge in [0, 0.05) is 0 Å². The van der Waals surface area contributed by atoms with Gasteiger partial charge in [-0.2, -0.15) is 0 Å². The molecule has 1 rings (SSSR count). The summed E-state index contributed by atoms with van der Waals surface area (Å²) in [5, 5.41) is 10.6. The molecule has 0 saturated carbocycles. The lowest BCUT2D eigenvalue weighted by Gasteiger charge is -2.22. The van der Waals surface area contributed by atoms with Gasteiger partial charge in [0.2, 0.25) is 0 Å². The number of phenolic OH excluding ortho intramolecular Hbond substituents is 1. The molecule has 24 heavy (non-hydrogen) atoms. The molecule has 0 amide bonds. The molecule has 0 aliphatic rings. The maximum atomic E-state index is 10.6. The molecule has 0 saturated heterocycles. The van der Waals surface area contributed by atoms with Gasteiger partial charge in [0.05, 0.1) is 0 Å². The lowest BCUT2D eigenvalue weighted by molar-refractivity contribution is 0.309. The Hall–Kier alpha value is -0.980. The van der Waals surface area contributed by atoms with Gasteiger partial charge in [-0.3, -0.25) is 0 Å². The van der Waals surface area contributed by atoms with Gasteiger partial charge in [0.1, 0.15) is 5.75 Å². The first kappa shape index (κ1) is 21.1. The summed E-state index contributed by atoms with van der Waals surface area (Å²) < 4.78 is 0. The largest absolute Gasteiger partial charge is 0.507 e. The van der Waals surface area contributed by atoms with E-state index in [0.717, 1.165) is 24.0 Å². The molecule has 1 N–H and O–H groups in total. The number of hydrogen-bond acceptors (Lipinski definition) is 1. The van der Waals surface area contributed by atoms with E-state index in [2.05, 4.69) is 59.7 Å². The zero-order valence-electron chi connectivity index (χ0n) is 17.0. The highest BCUT2D eigenvalue weighted by Gasteiger charge is 2.14. The molecule has 0 heterocycles. The topological polar surface area (TPSA) is 20.2 Å². The molecule has 0 aromatic heterocycles. The van der Waals surface area contributed by atoms with Crippen molar-refractivity contribution in [3.05, 3.63) is 29.3 Å². The van der Waals surface area contributed by atoms with Gasteiger partial charge in [-0.25, -0.2) is 0 Å². The first-order valence-electron chi connectivity index (χ1n) is 9.94. The van der Waals surface area contributed by atoms with E-state index in [-0.39, 0.29) is 0 Å². The smallest absolute Gasteiger partial charge is 0.121 e. The number of aromatic hydroxyl groups is 1. The molecule has 1 aromatic rings. The number of benzene rings is 1. The average molecular weight is 333 g/mol. The third kappa shape index (κ3) is 8.22. The molecule has 0 radical (unpaired) electrons. The van der Waals surface area contributed by atoms with Crippen molar-refractivity contribution >= 4 is 0 Å². The second kappa shape index (κ2) is 9.49. The summed E-state index contributed by atoms with van der Waals surface area (Å²) in [5.41, 5.74) is 3.14. The monoisotopic (exact) mass is 332 g/mol. The Labute approximate surface area is 150 Å². The van der Waals surface area contributed by atoms with Crippen LogP contribution < -0.4 is 0 Å². The van der Waals surface area contributed by atoms with E-state index in [1.54, 1.807) is 0 Å². The van der Waals surface area contributed by atoms with Crippen molar-refractivity contribution in [3.8, 4) is 5.75 Å². The third-order valence-corrected chi connectivity index (χ3v) is 5.33. The first-order valence-corrected chi connectivity index (χ1v) is 9.94. The maximum absolute atomic E-state index is 10.6. The highest BCUT2D eigenvalue weighted by molar-refractivity contribution is 5.40. The summed E-state index contributed by atoms with van der Waals surface area (Å²) >= 11 is 0. The Balaban J connectivity index is 2.44. The molecule has 0 atom stereocenters. The number of phenols is 1. The zero-order chi connectivity index (χ0) is 18.2. The van der Waals surface area contributed by atoms with Crippen LogP contribution in [0.1, 0.15) is 97.6 Å². The van der Waals surface area contributed by atoms with Crippen LogP contribution >= 0.6 is 0 Å². The van der Waals surface area contributed by atoms with E-state index in [1.165, 1.54) is 44.9 Å². The van der Waals surface area contributed by atoms with Crippen molar-refractivity contribution in [2.75, 3.05) is 0 Å². The number of unbranched alkanes of at least 4 members (excludes halogenated alkanes) is 2. The lowest BCUT2D eigenvalue weighted by atomic mass is 9.84. The summed E-state index contributed by atoms with van der Waals surface area (Å²) in [6, 6.07) is 6.30. The standard InChI is InChI=1S/C23H40O/c1-7-23(5,6)18-11-9-14-20-16-12-15-19(21(20)24)13-8-10-17-22(2,3)4/h12,15-16,24H,7-11,13-14,17-18H2,1-6H3. The molecule has 0 aliphatic heterocycles. The zero-order valence-corrected chi connectivity index (χ0v) is 17.0. The fraction of sp³-hybridized carbons (Fsp3) is 0.739. The van der Waals surface area contributed by atoms with Crippen LogP contribution in [-0.2, 0) is 12.8 Å². The van der Waals surface area contributed by atoms with E-state index in [1.807, 2.05) is 0 Å². The highest BCUT2D eigenvalue weighted by Crippen LogP contribution is 2.30. The summed E-state index contributed by atoms with van der Waals surface area (Å²) in [6.07, 6.45) is 10.6. The van der Waals surface area contributed by atoms with E-state index in [0.29, 0.717) is 16.6 Å². The molecule has 1 heteroatoms. The minimum atomic E-state index is 0.413. The number of para-hydroxylation sites is 1. The van der Waals surface area contributed by atoms with Crippen LogP contribution in [0.2, 0.25) is 0 Å². The Morgan fingerprint density at radius 1 is 0.792 bits per heavy atom. The Bertz CT molecular complexity index is 479. The first-order chi connectivity index (χ1) is 11.1. The van der Waals surface area contributed by atoms with Crippen LogP contribution in [0.5, 0.6) is 5.75 Å². The van der Waals surface area contributed by atoms with Gasteiger partial charge in [-0.15, -0.1) is 0 Å². The van der Waals surface area contributed by atoms with Gasteiger partial charge in [-0.05, 0) is 60.5 Å². The quantitative estimate of drug-likeness (QED) is 0.446. The molecule has 0 bridgehead atoms. The normalized spacial score (nSPS) is 12.6. The Morgan fingerprint density at radius 2 is 1.29 bits per heavy atom. The van der Waals surface area contributed by atoms with Crippen molar-refractivity contribution in [1.29, 1.82) is 0 Å². The van der Waals surface area contributed by atoms with Crippen LogP contribution in [0.25, 0.3) is 0 Å². The number of hydrogen-bond donors (Lipinski definition) is 1. The van der Waals surface area contributed by atoms with E-state index in [9.17, 15) is 5.11 Å². The number of rotatable bonds is 10. The van der Waals surface area contributed by atoms with Crippen LogP contribution in [0, 0.1) is 10.8 Å². The van der Waals surface area contributed by atoms with Crippen molar-refractivity contribution in [2.24, 2.45) is 10.8 Å². The lowest BCUT2D eigenvalue weighted by Crippen LogP contribution is -2.09. The third-order valence-electron chi connectivity index (χ3n) is 5.33. The maximum Gasteiger partial charge on any atom is 0.121 e. The van der Waals surface area contributed by atoms with Crippen molar-refractivity contribution < 1.29 is 5.11 Å². The van der Waals surface area contributed by atoms with E-state index in [4.69, 9.17) is 0 Å². The van der Waals surface area contributed by atoms with Crippen LogP contribution in [0.15, 0.2) is 18.2 Å². The molecule has 0 fully saturated rings. The molecular formula is C23H40O. The fourth-order valence-corrected chi connectivity index (χ4v) is 3.11. The average Bonchev–Trinajstić information content (AvgIpc) is 2.49. The van der Waals surface area contributed by atoms with Gasteiger partial charge in [-0.1, -0.05) is 79.0 Å². The minimum Gasteiger partial charge on any atom is -0.507 e. The second-order valence-electron chi connectivity index (χ2n) is 9.42. The fourth-order valence-electron chi connectivity index (χ4n) is 3.11. The Morgan fingerprint density at radius 3 is 1.75 bits per heavy atom. The summed E-state index contributed by atoms with van der Waals surface area (Å²) in [5.74, 6) is 0.558. The van der Waals surface area contributed by atoms with Gasteiger partial charge >= 0.3 is 0 Å². The van der Waals surface area contributed by atoms with E-state index < -0.39 is 0 Å². The molecule has 138 valence electrons. The predicted octanol–water partition coefficient (Wildman–Crippen LogP) is 7.30. The van der Waals surface area contributed by atoms with Crippen molar-refractivity contribution in [1.82, 2.24) is 0 Å². The predicted molar refractivity (Wildman–Crippen MR) is 107 cm³/mol. The molecule has 0 aliphatic carbocycles. The van der Waals surface area contributed by atoms with Gasteiger partial charge in [0.15, 0.2) is 0 Å². The SMILES string of the molecule is CCC(C)(C)CCCCc1cccc(CCCCC(C)(C)C)c1O. The number of aryl methyl sites for hydroxylation is 2. The van der Waals surface area contributed by atoms with Crippen LogP contribution in [0.4, 0.5) is 0 Å². The molecular weight excluding hydrogens is 292 g/mol. The van der Waals surface area contributed by atoms with Crippen molar-refractivity contribution in [3.63, 3.8) is 0 Å². The van der Waals surface area contributed by atoms with E-state index >= 15 is 0 Å². The van der Waals surface area contributed by atoms with Gasteiger partial charge in [0.25, 0.3) is 0 Å². The van der Waals surface area contributed by atoms with Crippen LogP contribution in [0.3, 0.4) is 0 Å². The molecule has 0 unspecified atom stereocenters. The second-order valence-corrected chi connectivity index (χ2v) is 9.42. The van der Waals surface area contributed by atoms with Gasteiger partial charge < -0.3 is 5.11 Å². The molecule has 0 spiro atoms. The van der Waals surface area contributed by atoms with Crippen molar-refractivity contribution in [2.45, 2.75) is 99.3 Å². The Kier molecular flexibility index (Phi) is 8.33. The minimum absolute atomic E-state index is 0.413. The summed E-state index contributed by atoms with van der Waals surface area (Å²) in [4.78, 5) is 0. The molecule has 1 aromatic carbocycles.